The number of hydrogen-bond acceptors (Lipinski definition) is 6. The fourth-order valence-electron chi connectivity index (χ4n) is 4.77. The van der Waals surface area contributed by atoms with E-state index < -0.39 is 0 Å². The number of amides is 2. The lowest BCUT2D eigenvalue weighted by atomic mass is 9.95. The average molecular weight is 501 g/mol. The lowest BCUT2D eigenvalue weighted by Crippen LogP contribution is -2.52. The molecule has 2 heterocycles. The Labute approximate surface area is 211 Å². The Hall–Kier alpha value is -2.97. The zero-order valence-electron chi connectivity index (χ0n) is 20.3. The summed E-state index contributed by atoms with van der Waals surface area (Å²) in [4.78, 5) is 32.0. The SMILES string of the molecule is COc1ccc(NC(=O)CN2CCC(C(=O)N3CCN(c4ccccc4Cl)CC3)CC2)c(OC)c1. The van der Waals surface area contributed by atoms with Gasteiger partial charge in [0, 0.05) is 38.2 Å². The molecule has 188 valence electrons. The highest BCUT2D eigenvalue weighted by Gasteiger charge is 2.31. The Bertz CT molecular complexity index is 1030. The van der Waals surface area contributed by atoms with Crippen molar-refractivity contribution < 1.29 is 19.1 Å². The highest BCUT2D eigenvalue weighted by Crippen LogP contribution is 2.29. The number of benzene rings is 2. The normalized spacial score (nSPS) is 17.2. The van der Waals surface area contributed by atoms with Gasteiger partial charge in [-0.15, -0.1) is 0 Å². The number of carbonyl (C=O) groups excluding carboxylic acids is 2. The molecular formula is C26H33ClN4O4. The van der Waals surface area contributed by atoms with E-state index in [2.05, 4.69) is 15.1 Å². The maximum Gasteiger partial charge on any atom is 0.238 e. The van der Waals surface area contributed by atoms with E-state index in [1.165, 1.54) is 0 Å². The van der Waals surface area contributed by atoms with Gasteiger partial charge in [-0.3, -0.25) is 14.5 Å². The van der Waals surface area contributed by atoms with Gasteiger partial charge >= 0.3 is 0 Å². The van der Waals surface area contributed by atoms with Crippen molar-refractivity contribution in [1.29, 1.82) is 0 Å². The number of carbonyl (C=O) groups is 2. The average Bonchev–Trinajstić information content (AvgIpc) is 2.89. The zero-order chi connectivity index (χ0) is 24.8. The van der Waals surface area contributed by atoms with Gasteiger partial charge in [-0.25, -0.2) is 0 Å². The third-order valence-corrected chi connectivity index (χ3v) is 7.09. The Morgan fingerprint density at radius 2 is 1.69 bits per heavy atom. The number of nitrogens with zero attached hydrogens (tertiary/aromatic N) is 3. The molecule has 0 aromatic heterocycles. The summed E-state index contributed by atoms with van der Waals surface area (Å²) in [7, 11) is 3.14. The Morgan fingerprint density at radius 1 is 0.971 bits per heavy atom. The number of methoxy groups -OCH3 is 2. The monoisotopic (exact) mass is 500 g/mol. The van der Waals surface area contributed by atoms with E-state index in [1.54, 1.807) is 32.4 Å². The molecule has 2 aliphatic rings. The number of halogens is 1. The van der Waals surface area contributed by atoms with Crippen molar-refractivity contribution in [1.82, 2.24) is 9.80 Å². The van der Waals surface area contributed by atoms with E-state index in [1.807, 2.05) is 29.2 Å². The molecule has 2 aliphatic heterocycles. The summed E-state index contributed by atoms with van der Waals surface area (Å²) in [6, 6.07) is 13.1. The molecule has 2 saturated heterocycles. The molecule has 0 radical (unpaired) electrons. The Kier molecular flexibility index (Phi) is 8.36. The van der Waals surface area contributed by atoms with Gasteiger partial charge in [-0.1, -0.05) is 23.7 Å². The smallest absolute Gasteiger partial charge is 0.238 e. The van der Waals surface area contributed by atoms with Gasteiger partial charge < -0.3 is 24.6 Å². The van der Waals surface area contributed by atoms with E-state index in [9.17, 15) is 9.59 Å². The van der Waals surface area contributed by atoms with Crippen molar-refractivity contribution >= 4 is 34.8 Å². The lowest BCUT2D eigenvalue weighted by Gasteiger charge is -2.39. The lowest BCUT2D eigenvalue weighted by molar-refractivity contribution is -0.137. The van der Waals surface area contributed by atoms with Crippen LogP contribution in [0.25, 0.3) is 0 Å². The first-order chi connectivity index (χ1) is 17.0. The van der Waals surface area contributed by atoms with Gasteiger partial charge in [0.1, 0.15) is 11.5 Å². The summed E-state index contributed by atoms with van der Waals surface area (Å²) in [6.07, 6.45) is 1.53. The number of likely N-dealkylation sites (tertiary alicyclic amines) is 1. The molecule has 1 N–H and O–H groups in total. The molecular weight excluding hydrogens is 468 g/mol. The summed E-state index contributed by atoms with van der Waals surface area (Å²) in [5, 5.41) is 3.66. The molecule has 2 fully saturated rings. The predicted octanol–water partition coefficient (Wildman–Crippen LogP) is 3.36. The summed E-state index contributed by atoms with van der Waals surface area (Å²) in [5.74, 6) is 1.36. The van der Waals surface area contributed by atoms with Crippen LogP contribution in [0.1, 0.15) is 12.8 Å². The number of piperazine rings is 1. The minimum Gasteiger partial charge on any atom is -0.497 e. The molecule has 0 saturated carbocycles. The largest absolute Gasteiger partial charge is 0.497 e. The fourth-order valence-corrected chi connectivity index (χ4v) is 5.02. The molecule has 0 bridgehead atoms. The number of para-hydroxylation sites is 1. The second-order valence-corrected chi connectivity index (χ2v) is 9.34. The fraction of sp³-hybridized carbons (Fsp3) is 0.462. The molecule has 0 spiro atoms. The number of nitrogens with one attached hydrogen (secondary N) is 1. The molecule has 2 aromatic carbocycles. The van der Waals surface area contributed by atoms with Gasteiger partial charge in [-0.05, 0) is 50.2 Å². The van der Waals surface area contributed by atoms with Crippen molar-refractivity contribution in [3.63, 3.8) is 0 Å². The molecule has 0 unspecified atom stereocenters. The summed E-state index contributed by atoms with van der Waals surface area (Å²) in [5.41, 5.74) is 1.64. The van der Waals surface area contributed by atoms with E-state index >= 15 is 0 Å². The van der Waals surface area contributed by atoms with E-state index in [0.29, 0.717) is 30.3 Å². The molecule has 35 heavy (non-hydrogen) atoms. The van der Waals surface area contributed by atoms with Crippen molar-refractivity contribution in [3.8, 4) is 11.5 Å². The van der Waals surface area contributed by atoms with Crippen LogP contribution in [0, 0.1) is 5.92 Å². The highest BCUT2D eigenvalue weighted by atomic mass is 35.5. The quantitative estimate of drug-likeness (QED) is 0.628. The summed E-state index contributed by atoms with van der Waals surface area (Å²) < 4.78 is 10.6. The molecule has 2 amide bonds. The van der Waals surface area contributed by atoms with Crippen LogP contribution in [0.3, 0.4) is 0 Å². The predicted molar refractivity (Wildman–Crippen MR) is 138 cm³/mol. The number of ether oxygens (including phenoxy) is 2. The molecule has 9 heteroatoms. The van der Waals surface area contributed by atoms with Crippen LogP contribution < -0.4 is 19.7 Å². The van der Waals surface area contributed by atoms with Crippen LogP contribution >= 0.6 is 11.6 Å². The summed E-state index contributed by atoms with van der Waals surface area (Å²) >= 11 is 6.33. The molecule has 2 aromatic rings. The molecule has 0 atom stereocenters. The maximum atomic E-state index is 13.1. The summed E-state index contributed by atoms with van der Waals surface area (Å²) in [6.45, 7) is 4.71. The third-order valence-electron chi connectivity index (χ3n) is 6.77. The van der Waals surface area contributed by atoms with E-state index in [-0.39, 0.29) is 24.3 Å². The topological polar surface area (TPSA) is 74.4 Å². The maximum absolute atomic E-state index is 13.1. The third kappa shape index (κ3) is 6.18. The van der Waals surface area contributed by atoms with Crippen LogP contribution in [-0.2, 0) is 9.59 Å². The Balaban J connectivity index is 1.22. The minimum atomic E-state index is -0.103. The van der Waals surface area contributed by atoms with Gasteiger partial charge in [0.05, 0.1) is 37.2 Å². The number of rotatable bonds is 7. The number of piperidine rings is 1. The number of hydrogen-bond donors (Lipinski definition) is 1. The zero-order valence-corrected chi connectivity index (χ0v) is 21.1. The standard InChI is InChI=1S/C26H33ClN4O4/c1-34-20-7-8-22(24(17-20)35-2)28-25(32)18-29-11-9-19(10-12-29)26(33)31-15-13-30(14-16-31)23-6-4-3-5-21(23)27/h3-8,17,19H,9-16,18H2,1-2H3,(H,28,32). The van der Waals surface area contributed by atoms with Crippen molar-refractivity contribution in [3.05, 3.63) is 47.5 Å². The number of anilines is 2. The van der Waals surface area contributed by atoms with Crippen LogP contribution in [0.5, 0.6) is 11.5 Å². The van der Waals surface area contributed by atoms with Gasteiger partial charge in [0.15, 0.2) is 0 Å². The van der Waals surface area contributed by atoms with Crippen LogP contribution in [-0.4, -0.2) is 81.6 Å². The molecule has 0 aliphatic carbocycles. The molecule has 4 rings (SSSR count). The first kappa shape index (κ1) is 25.1. The first-order valence-electron chi connectivity index (χ1n) is 12.0. The van der Waals surface area contributed by atoms with Gasteiger partial charge in [0.2, 0.25) is 11.8 Å². The van der Waals surface area contributed by atoms with Crippen molar-refractivity contribution in [2.45, 2.75) is 12.8 Å². The minimum absolute atomic E-state index is 0.0165. The van der Waals surface area contributed by atoms with E-state index in [0.717, 1.165) is 49.7 Å². The van der Waals surface area contributed by atoms with Crippen LogP contribution in [0.4, 0.5) is 11.4 Å². The van der Waals surface area contributed by atoms with Gasteiger partial charge in [-0.2, -0.15) is 0 Å². The van der Waals surface area contributed by atoms with Crippen molar-refractivity contribution in [2.75, 3.05) is 70.2 Å². The Morgan fingerprint density at radius 3 is 2.34 bits per heavy atom. The highest BCUT2D eigenvalue weighted by molar-refractivity contribution is 6.33. The van der Waals surface area contributed by atoms with Crippen molar-refractivity contribution in [2.24, 2.45) is 5.92 Å². The second kappa shape index (κ2) is 11.6. The first-order valence-corrected chi connectivity index (χ1v) is 12.4. The molecule has 8 nitrogen and oxygen atoms in total. The van der Waals surface area contributed by atoms with Crippen LogP contribution in [0.15, 0.2) is 42.5 Å². The van der Waals surface area contributed by atoms with Crippen LogP contribution in [0.2, 0.25) is 5.02 Å². The van der Waals surface area contributed by atoms with E-state index in [4.69, 9.17) is 21.1 Å². The second-order valence-electron chi connectivity index (χ2n) is 8.93. The van der Waals surface area contributed by atoms with Gasteiger partial charge in [0.25, 0.3) is 0 Å².